The van der Waals surface area contributed by atoms with E-state index in [1.54, 1.807) is 18.2 Å². The molecule has 0 aromatic heterocycles. The fourth-order valence-electron chi connectivity index (χ4n) is 2.65. The minimum Gasteiger partial charge on any atom is -0.530 e. The zero-order valence-electron chi connectivity index (χ0n) is 12.8. The van der Waals surface area contributed by atoms with Crippen LogP contribution < -0.4 is 10.4 Å². The Labute approximate surface area is 134 Å². The zero-order valence-corrected chi connectivity index (χ0v) is 12.8. The van der Waals surface area contributed by atoms with Gasteiger partial charge in [0.25, 0.3) is 5.69 Å². The molecule has 124 valence electrons. The Balaban J connectivity index is 1.86. The molecule has 1 fully saturated rings. The molecule has 2 rings (SSSR count). The number of hydrogen-bond acceptors (Lipinski definition) is 5. The first-order valence-corrected chi connectivity index (χ1v) is 7.64. The number of benzene rings is 1. The summed E-state index contributed by atoms with van der Waals surface area (Å²) in [6.45, 7) is 1.95. The lowest BCUT2D eigenvalue weighted by atomic mass is 10.1. The Morgan fingerprint density at radius 2 is 1.91 bits per heavy atom. The summed E-state index contributed by atoms with van der Waals surface area (Å²) in [5.74, 6) is 0. The van der Waals surface area contributed by atoms with Gasteiger partial charge in [-0.25, -0.2) is 0 Å². The van der Waals surface area contributed by atoms with Crippen LogP contribution in [-0.4, -0.2) is 41.6 Å². The van der Waals surface area contributed by atoms with Gasteiger partial charge in [0.2, 0.25) is 0 Å². The molecule has 0 atom stereocenters. The van der Waals surface area contributed by atoms with Crippen molar-refractivity contribution in [1.82, 2.24) is 10.2 Å². The SMILES string of the molecule is O=C([O-])N(C/C=C/Cc1ccc([N+](=O)[O-])cc1)C1CCNCC1. The second-order valence-electron chi connectivity index (χ2n) is 5.50. The van der Waals surface area contributed by atoms with Crippen LogP contribution in [0.2, 0.25) is 0 Å². The molecule has 1 N–H and O–H groups in total. The number of nitro benzene ring substituents is 1. The summed E-state index contributed by atoms with van der Waals surface area (Å²) in [5.41, 5.74) is 1.00. The summed E-state index contributed by atoms with van der Waals surface area (Å²) >= 11 is 0. The van der Waals surface area contributed by atoms with Crippen LogP contribution in [0.25, 0.3) is 0 Å². The van der Waals surface area contributed by atoms with Crippen molar-refractivity contribution in [3.8, 4) is 0 Å². The van der Waals surface area contributed by atoms with Crippen molar-refractivity contribution in [2.75, 3.05) is 19.6 Å². The third kappa shape index (κ3) is 5.07. The number of nitro groups is 1. The van der Waals surface area contributed by atoms with Gasteiger partial charge in [0.15, 0.2) is 0 Å². The zero-order chi connectivity index (χ0) is 16.7. The first-order chi connectivity index (χ1) is 11.1. The van der Waals surface area contributed by atoms with E-state index in [0.29, 0.717) is 13.0 Å². The highest BCUT2D eigenvalue weighted by molar-refractivity contribution is 5.63. The van der Waals surface area contributed by atoms with Crippen LogP contribution in [0, 0.1) is 10.1 Å². The molecule has 0 saturated carbocycles. The molecule has 1 aliphatic heterocycles. The fourth-order valence-corrected chi connectivity index (χ4v) is 2.65. The van der Waals surface area contributed by atoms with Crippen molar-refractivity contribution >= 4 is 11.8 Å². The number of carbonyl (C=O) groups excluding carboxylic acids is 1. The van der Waals surface area contributed by atoms with E-state index in [1.807, 2.05) is 6.08 Å². The lowest BCUT2D eigenvalue weighted by molar-refractivity contribution is -0.384. The lowest BCUT2D eigenvalue weighted by Gasteiger charge is -2.35. The predicted molar refractivity (Wildman–Crippen MR) is 83.9 cm³/mol. The van der Waals surface area contributed by atoms with Gasteiger partial charge >= 0.3 is 0 Å². The van der Waals surface area contributed by atoms with Gasteiger partial charge in [-0.2, -0.15) is 0 Å². The Hall–Kier alpha value is -2.41. The topological polar surface area (TPSA) is 98.5 Å². The summed E-state index contributed by atoms with van der Waals surface area (Å²) < 4.78 is 0. The Kier molecular flexibility index (Phi) is 6.10. The first-order valence-electron chi connectivity index (χ1n) is 7.64. The quantitative estimate of drug-likeness (QED) is 0.481. The highest BCUT2D eigenvalue weighted by atomic mass is 16.6. The Bertz CT molecular complexity index is 565. The normalized spacial score (nSPS) is 15.7. The second-order valence-corrected chi connectivity index (χ2v) is 5.50. The number of carboxylic acid groups (broad SMARTS) is 1. The number of rotatable bonds is 6. The largest absolute Gasteiger partial charge is 0.530 e. The molecule has 0 bridgehead atoms. The van der Waals surface area contributed by atoms with E-state index in [4.69, 9.17) is 0 Å². The molecule has 1 aromatic rings. The van der Waals surface area contributed by atoms with Crippen molar-refractivity contribution in [3.63, 3.8) is 0 Å². The van der Waals surface area contributed by atoms with Crippen LogP contribution in [0.4, 0.5) is 10.5 Å². The van der Waals surface area contributed by atoms with Gasteiger partial charge in [-0.1, -0.05) is 24.3 Å². The maximum Gasteiger partial charge on any atom is 0.269 e. The maximum absolute atomic E-state index is 11.3. The van der Waals surface area contributed by atoms with E-state index in [0.717, 1.165) is 31.5 Å². The number of nitrogens with one attached hydrogen (secondary N) is 1. The van der Waals surface area contributed by atoms with Crippen LogP contribution in [0.3, 0.4) is 0 Å². The number of non-ortho nitro benzene ring substituents is 1. The molecule has 0 aliphatic carbocycles. The van der Waals surface area contributed by atoms with Gasteiger partial charge in [0, 0.05) is 24.7 Å². The van der Waals surface area contributed by atoms with Gasteiger partial charge in [0.05, 0.1) is 4.92 Å². The standard InChI is InChI=1S/C16H21N3O4/c20-16(21)18(14-8-10-17-11-9-14)12-2-1-3-13-4-6-15(7-5-13)19(22)23/h1-2,4-7,14,17H,3,8-12H2,(H,20,21)/p-1/b2-1+. The molecule has 1 amide bonds. The fraction of sp³-hybridized carbons (Fsp3) is 0.438. The lowest BCUT2D eigenvalue weighted by Crippen LogP contribution is -2.51. The number of carbonyl (C=O) groups is 1. The number of allylic oxidation sites excluding steroid dienone is 1. The molecular weight excluding hydrogens is 298 g/mol. The van der Waals surface area contributed by atoms with Crippen LogP contribution in [-0.2, 0) is 6.42 Å². The molecule has 0 radical (unpaired) electrons. The average molecular weight is 318 g/mol. The predicted octanol–water partition coefficient (Wildman–Crippen LogP) is 1.09. The summed E-state index contributed by atoms with van der Waals surface area (Å²) in [6, 6.07) is 6.33. The second kappa shape index (κ2) is 8.28. The third-order valence-corrected chi connectivity index (χ3v) is 3.95. The molecule has 1 aliphatic rings. The smallest absolute Gasteiger partial charge is 0.269 e. The Morgan fingerprint density at radius 3 is 2.48 bits per heavy atom. The summed E-state index contributed by atoms with van der Waals surface area (Å²) in [4.78, 5) is 22.8. The molecule has 7 nitrogen and oxygen atoms in total. The monoisotopic (exact) mass is 318 g/mol. The van der Waals surface area contributed by atoms with E-state index in [2.05, 4.69) is 5.32 Å². The number of nitrogens with zero attached hydrogens (tertiary/aromatic N) is 2. The van der Waals surface area contributed by atoms with E-state index in [-0.39, 0.29) is 11.7 Å². The number of hydrogen-bond donors (Lipinski definition) is 1. The van der Waals surface area contributed by atoms with Crippen LogP contribution in [0.1, 0.15) is 18.4 Å². The summed E-state index contributed by atoms with van der Waals surface area (Å²) in [5, 5.41) is 25.0. The van der Waals surface area contributed by atoms with Crippen molar-refractivity contribution < 1.29 is 14.8 Å². The van der Waals surface area contributed by atoms with Gasteiger partial charge < -0.3 is 20.1 Å². The van der Waals surface area contributed by atoms with E-state index >= 15 is 0 Å². The van der Waals surface area contributed by atoms with E-state index in [9.17, 15) is 20.0 Å². The van der Waals surface area contributed by atoms with Gasteiger partial charge in [0.1, 0.15) is 6.09 Å². The van der Waals surface area contributed by atoms with Crippen LogP contribution in [0.5, 0.6) is 0 Å². The highest BCUT2D eigenvalue weighted by Crippen LogP contribution is 2.13. The van der Waals surface area contributed by atoms with Crippen molar-refractivity contribution in [3.05, 3.63) is 52.1 Å². The average Bonchev–Trinajstić information content (AvgIpc) is 2.55. The van der Waals surface area contributed by atoms with Crippen molar-refractivity contribution in [2.24, 2.45) is 0 Å². The van der Waals surface area contributed by atoms with Gasteiger partial charge in [-0.3, -0.25) is 10.1 Å². The summed E-state index contributed by atoms with van der Waals surface area (Å²) in [6.07, 6.45) is 4.73. The van der Waals surface area contributed by atoms with E-state index in [1.165, 1.54) is 17.0 Å². The molecule has 23 heavy (non-hydrogen) atoms. The summed E-state index contributed by atoms with van der Waals surface area (Å²) in [7, 11) is 0. The Morgan fingerprint density at radius 1 is 1.26 bits per heavy atom. The van der Waals surface area contributed by atoms with Crippen molar-refractivity contribution in [2.45, 2.75) is 25.3 Å². The number of piperidine rings is 1. The molecule has 1 saturated heterocycles. The van der Waals surface area contributed by atoms with Gasteiger partial charge in [-0.15, -0.1) is 0 Å². The maximum atomic E-state index is 11.3. The number of amides is 1. The molecule has 1 aromatic carbocycles. The first kappa shape index (κ1) is 17.0. The molecule has 0 spiro atoms. The molecule has 1 heterocycles. The highest BCUT2D eigenvalue weighted by Gasteiger charge is 2.19. The van der Waals surface area contributed by atoms with E-state index < -0.39 is 11.0 Å². The third-order valence-electron chi connectivity index (χ3n) is 3.95. The molecular formula is C16H20N3O4-. The van der Waals surface area contributed by atoms with Crippen molar-refractivity contribution in [1.29, 1.82) is 0 Å². The molecule has 7 heteroatoms. The van der Waals surface area contributed by atoms with Crippen LogP contribution >= 0.6 is 0 Å². The minimum absolute atomic E-state index is 0.00488. The van der Waals surface area contributed by atoms with Crippen LogP contribution in [0.15, 0.2) is 36.4 Å². The molecule has 0 unspecified atom stereocenters. The van der Waals surface area contributed by atoms with Gasteiger partial charge in [-0.05, 0) is 37.9 Å². The minimum atomic E-state index is -1.14.